The van der Waals surface area contributed by atoms with E-state index in [0.717, 1.165) is 0 Å². The number of rotatable bonds is 3. The van der Waals surface area contributed by atoms with Gasteiger partial charge in [0.05, 0.1) is 0 Å². The van der Waals surface area contributed by atoms with Gasteiger partial charge >= 0.3 is 0 Å². The summed E-state index contributed by atoms with van der Waals surface area (Å²) in [5.41, 5.74) is 0. The van der Waals surface area contributed by atoms with E-state index in [-0.39, 0.29) is 0 Å². The van der Waals surface area contributed by atoms with Crippen molar-refractivity contribution >= 4 is 0 Å². The third-order valence-electron chi connectivity index (χ3n) is 1.54. The molecule has 0 saturated carbocycles. The molecule has 0 aliphatic rings. The zero-order chi connectivity index (χ0) is 9.28. The Hall–Kier alpha value is -0.0800. The van der Waals surface area contributed by atoms with Crippen molar-refractivity contribution in [1.82, 2.24) is 10.2 Å². The van der Waals surface area contributed by atoms with Gasteiger partial charge in [0.15, 0.2) is 0 Å². The topological polar surface area (TPSA) is 15.3 Å². The molecule has 0 bridgehead atoms. The van der Waals surface area contributed by atoms with Crippen molar-refractivity contribution in [3.63, 3.8) is 0 Å². The Kier molecular flexibility index (Phi) is 12.2. The van der Waals surface area contributed by atoms with Crippen LogP contribution in [0.3, 0.4) is 0 Å². The summed E-state index contributed by atoms with van der Waals surface area (Å²) in [5.74, 6) is 0. The van der Waals surface area contributed by atoms with E-state index in [9.17, 15) is 0 Å². The average Bonchev–Trinajstić information content (AvgIpc) is 1.91. The minimum absolute atomic E-state index is 0.713. The number of nitrogens with one attached hydrogen (secondary N) is 1. The number of hydrogen-bond acceptors (Lipinski definition) is 2. The SMILES string of the molecule is CCN(CC)C(C)C.CNC. The monoisotopic (exact) mass is 160 g/mol. The van der Waals surface area contributed by atoms with Gasteiger partial charge in [-0.1, -0.05) is 13.8 Å². The lowest BCUT2D eigenvalue weighted by Crippen LogP contribution is -2.29. The van der Waals surface area contributed by atoms with Gasteiger partial charge < -0.3 is 10.2 Å². The normalized spacial score (nSPS) is 9.82. The zero-order valence-corrected chi connectivity index (χ0v) is 8.94. The van der Waals surface area contributed by atoms with Crippen molar-refractivity contribution in [2.45, 2.75) is 33.7 Å². The minimum atomic E-state index is 0.713. The van der Waals surface area contributed by atoms with Gasteiger partial charge in [0, 0.05) is 6.04 Å². The lowest BCUT2D eigenvalue weighted by atomic mass is 10.3. The maximum absolute atomic E-state index is 2.75. The fourth-order valence-electron chi connectivity index (χ4n) is 0.954. The molecule has 0 aromatic rings. The van der Waals surface area contributed by atoms with Crippen LogP contribution in [0.1, 0.15) is 27.7 Å². The summed E-state index contributed by atoms with van der Waals surface area (Å²) in [4.78, 5) is 2.42. The van der Waals surface area contributed by atoms with Crippen LogP contribution in [0.15, 0.2) is 0 Å². The first-order chi connectivity index (χ1) is 5.13. The molecule has 1 N–H and O–H groups in total. The van der Waals surface area contributed by atoms with Crippen LogP contribution in [0.4, 0.5) is 0 Å². The van der Waals surface area contributed by atoms with Gasteiger partial charge in [0.25, 0.3) is 0 Å². The molecular formula is C9H24N2. The maximum atomic E-state index is 2.75. The van der Waals surface area contributed by atoms with Gasteiger partial charge in [-0.25, -0.2) is 0 Å². The van der Waals surface area contributed by atoms with E-state index < -0.39 is 0 Å². The fraction of sp³-hybridized carbons (Fsp3) is 1.00. The first kappa shape index (κ1) is 13.5. The molecular weight excluding hydrogens is 136 g/mol. The summed E-state index contributed by atoms with van der Waals surface area (Å²) >= 11 is 0. The van der Waals surface area contributed by atoms with E-state index in [1.807, 2.05) is 14.1 Å². The molecule has 2 heteroatoms. The third-order valence-corrected chi connectivity index (χ3v) is 1.54. The Morgan fingerprint density at radius 2 is 1.36 bits per heavy atom. The zero-order valence-electron chi connectivity index (χ0n) is 8.94. The van der Waals surface area contributed by atoms with E-state index in [1.165, 1.54) is 13.1 Å². The van der Waals surface area contributed by atoms with Gasteiger partial charge in [0.2, 0.25) is 0 Å². The van der Waals surface area contributed by atoms with Crippen molar-refractivity contribution in [2.24, 2.45) is 0 Å². The molecule has 11 heavy (non-hydrogen) atoms. The highest BCUT2D eigenvalue weighted by Gasteiger charge is 2.00. The summed E-state index contributed by atoms with van der Waals surface area (Å²) in [6, 6.07) is 0.713. The molecule has 0 aromatic carbocycles. The quantitative estimate of drug-likeness (QED) is 0.674. The maximum Gasteiger partial charge on any atom is 0.00383 e. The summed E-state index contributed by atoms with van der Waals surface area (Å²) in [6.07, 6.45) is 0. The smallest absolute Gasteiger partial charge is 0.00383 e. The van der Waals surface area contributed by atoms with Crippen molar-refractivity contribution < 1.29 is 0 Å². The van der Waals surface area contributed by atoms with Crippen LogP contribution in [-0.4, -0.2) is 38.1 Å². The van der Waals surface area contributed by atoms with Crippen LogP contribution in [0.5, 0.6) is 0 Å². The number of nitrogens with zero attached hydrogens (tertiary/aromatic N) is 1. The highest BCUT2D eigenvalue weighted by molar-refractivity contribution is 4.56. The van der Waals surface area contributed by atoms with E-state index >= 15 is 0 Å². The van der Waals surface area contributed by atoms with Gasteiger partial charge in [-0.05, 0) is 41.0 Å². The van der Waals surface area contributed by atoms with Crippen LogP contribution >= 0.6 is 0 Å². The molecule has 70 valence electrons. The van der Waals surface area contributed by atoms with E-state index in [0.29, 0.717) is 6.04 Å². The summed E-state index contributed by atoms with van der Waals surface area (Å²) in [7, 11) is 3.75. The van der Waals surface area contributed by atoms with Crippen molar-refractivity contribution in [3.05, 3.63) is 0 Å². The first-order valence-electron chi connectivity index (χ1n) is 4.46. The molecule has 0 amide bonds. The average molecular weight is 160 g/mol. The standard InChI is InChI=1S/C7H17N.C2H7N/c1-5-8(6-2)7(3)4;1-3-2/h7H,5-6H2,1-4H3;3H,1-2H3. The molecule has 0 aromatic heterocycles. The van der Waals surface area contributed by atoms with Gasteiger partial charge in [0.1, 0.15) is 0 Å². The Morgan fingerprint density at radius 1 is 1.09 bits per heavy atom. The van der Waals surface area contributed by atoms with Crippen LogP contribution in [0, 0.1) is 0 Å². The Labute approximate surface area is 72.0 Å². The Balaban J connectivity index is 0. The summed E-state index contributed by atoms with van der Waals surface area (Å²) in [6.45, 7) is 11.2. The second-order valence-electron chi connectivity index (χ2n) is 2.81. The van der Waals surface area contributed by atoms with Crippen molar-refractivity contribution in [3.8, 4) is 0 Å². The molecule has 0 saturated heterocycles. The molecule has 0 radical (unpaired) electrons. The van der Waals surface area contributed by atoms with Crippen LogP contribution < -0.4 is 5.32 Å². The predicted octanol–water partition coefficient (Wildman–Crippen LogP) is 1.57. The molecule has 0 atom stereocenters. The second-order valence-corrected chi connectivity index (χ2v) is 2.81. The van der Waals surface area contributed by atoms with Crippen LogP contribution in [-0.2, 0) is 0 Å². The van der Waals surface area contributed by atoms with Crippen LogP contribution in [0.2, 0.25) is 0 Å². The summed E-state index contributed by atoms with van der Waals surface area (Å²) < 4.78 is 0. The Morgan fingerprint density at radius 3 is 1.36 bits per heavy atom. The van der Waals surface area contributed by atoms with E-state index in [1.54, 1.807) is 0 Å². The molecule has 0 rings (SSSR count). The highest BCUT2D eigenvalue weighted by Crippen LogP contribution is 1.94. The highest BCUT2D eigenvalue weighted by atomic mass is 15.1. The minimum Gasteiger partial charge on any atom is -0.323 e. The molecule has 0 spiro atoms. The molecule has 0 aliphatic carbocycles. The molecule has 2 nitrogen and oxygen atoms in total. The van der Waals surface area contributed by atoms with Gasteiger partial charge in [-0.3, -0.25) is 0 Å². The number of hydrogen-bond donors (Lipinski definition) is 1. The third kappa shape index (κ3) is 9.92. The molecule has 0 heterocycles. The second kappa shape index (κ2) is 9.92. The molecule has 0 aliphatic heterocycles. The largest absolute Gasteiger partial charge is 0.323 e. The fourth-order valence-corrected chi connectivity index (χ4v) is 0.954. The summed E-state index contributed by atoms with van der Waals surface area (Å²) in [5, 5.41) is 2.75. The molecule has 0 fully saturated rings. The van der Waals surface area contributed by atoms with Crippen LogP contribution in [0.25, 0.3) is 0 Å². The van der Waals surface area contributed by atoms with E-state index in [2.05, 4.69) is 37.9 Å². The predicted molar refractivity (Wildman–Crippen MR) is 53.0 cm³/mol. The van der Waals surface area contributed by atoms with Crippen molar-refractivity contribution in [1.29, 1.82) is 0 Å². The lowest BCUT2D eigenvalue weighted by molar-refractivity contribution is 0.246. The van der Waals surface area contributed by atoms with Gasteiger partial charge in [-0.15, -0.1) is 0 Å². The van der Waals surface area contributed by atoms with Gasteiger partial charge in [-0.2, -0.15) is 0 Å². The Bertz CT molecular complexity index is 58.6. The van der Waals surface area contributed by atoms with E-state index in [4.69, 9.17) is 0 Å². The first-order valence-corrected chi connectivity index (χ1v) is 4.46. The van der Waals surface area contributed by atoms with Crippen molar-refractivity contribution in [2.75, 3.05) is 27.2 Å². The molecule has 0 unspecified atom stereocenters. The lowest BCUT2D eigenvalue weighted by Gasteiger charge is -2.21.